The summed E-state index contributed by atoms with van der Waals surface area (Å²) >= 11 is 1.61. The lowest BCUT2D eigenvalue weighted by Crippen LogP contribution is -2.33. The molecule has 0 aliphatic heterocycles. The molecular weight excluding hydrogens is 162 g/mol. The van der Waals surface area contributed by atoms with E-state index >= 15 is 0 Å². The summed E-state index contributed by atoms with van der Waals surface area (Å²) in [6, 6.07) is -0.714. The van der Waals surface area contributed by atoms with Crippen LogP contribution in [0, 0.1) is 0 Å². The quantitative estimate of drug-likeness (QED) is 0.655. The van der Waals surface area contributed by atoms with Gasteiger partial charge in [-0.25, -0.2) is 0 Å². The van der Waals surface area contributed by atoms with Gasteiger partial charge in [0.25, 0.3) is 0 Å². The summed E-state index contributed by atoms with van der Waals surface area (Å²) in [5.74, 6) is -0.412. The van der Waals surface area contributed by atoms with Gasteiger partial charge in [-0.3, -0.25) is 4.79 Å². The van der Waals surface area contributed by atoms with Crippen LogP contribution in [0.25, 0.3) is 0 Å². The molecule has 0 rings (SSSR count). The lowest BCUT2D eigenvalue weighted by Gasteiger charge is -2.09. The summed E-state index contributed by atoms with van der Waals surface area (Å²) in [7, 11) is 0. The average molecular weight is 177 g/mol. The van der Waals surface area contributed by atoms with Gasteiger partial charge in [0.1, 0.15) is 6.04 Å². The zero-order valence-corrected chi connectivity index (χ0v) is 7.73. The number of hydrogen-bond donors (Lipinski definition) is 2. The molecule has 4 heteroatoms. The molecule has 0 aromatic carbocycles. The summed E-state index contributed by atoms with van der Waals surface area (Å²) in [4.78, 5) is 10.3. The molecule has 3 nitrogen and oxygen atoms in total. The minimum Gasteiger partial charge on any atom is -0.480 e. The van der Waals surface area contributed by atoms with Crippen molar-refractivity contribution in [1.82, 2.24) is 0 Å². The van der Waals surface area contributed by atoms with Crippen molar-refractivity contribution >= 4 is 17.7 Å². The molecule has 0 aliphatic carbocycles. The molecule has 0 fully saturated rings. The van der Waals surface area contributed by atoms with Crippen LogP contribution >= 0.6 is 11.8 Å². The van der Waals surface area contributed by atoms with Crippen LogP contribution < -0.4 is 5.73 Å². The van der Waals surface area contributed by atoms with Crippen LogP contribution in [0.5, 0.6) is 0 Å². The molecule has 3 N–H and O–H groups in total. The number of thioether (sulfide) groups is 1. The van der Waals surface area contributed by atoms with E-state index in [1.807, 2.05) is 0 Å². The fourth-order valence-electron chi connectivity index (χ4n) is 0.457. The monoisotopic (exact) mass is 177 g/mol. The van der Waals surface area contributed by atoms with E-state index < -0.39 is 12.0 Å². The summed E-state index contributed by atoms with van der Waals surface area (Å²) in [6.07, 6.45) is 1.05. The summed E-state index contributed by atoms with van der Waals surface area (Å²) < 4.78 is 0. The number of carbonyl (C=O) groups is 1. The van der Waals surface area contributed by atoms with Crippen LogP contribution in [0.3, 0.4) is 0 Å². The van der Waals surface area contributed by atoms with Crippen LogP contribution in [0.2, 0.25) is 0 Å². The third-order valence-corrected chi connectivity index (χ3v) is 2.91. The molecule has 0 aliphatic rings. The van der Waals surface area contributed by atoms with E-state index in [2.05, 4.69) is 13.8 Å². The van der Waals surface area contributed by atoms with Crippen molar-refractivity contribution in [2.75, 3.05) is 5.75 Å². The molecular formula is C7H15NO2S. The lowest BCUT2D eigenvalue weighted by molar-refractivity contribution is -0.137. The minimum absolute atomic E-state index is 0.500. The Balaban J connectivity index is 3.45. The summed E-state index contributed by atoms with van der Waals surface area (Å²) in [5, 5.41) is 8.93. The van der Waals surface area contributed by atoms with Crippen LogP contribution in [-0.4, -0.2) is 28.1 Å². The largest absolute Gasteiger partial charge is 0.480 e. The Labute approximate surface area is 71.3 Å². The molecule has 66 valence electrons. The Kier molecular flexibility index (Phi) is 5.32. The Morgan fingerprint density at radius 3 is 2.64 bits per heavy atom. The topological polar surface area (TPSA) is 63.3 Å². The van der Waals surface area contributed by atoms with Crippen molar-refractivity contribution in [1.29, 1.82) is 0 Å². The number of nitrogens with two attached hydrogens (primary N) is 1. The van der Waals surface area contributed by atoms with Gasteiger partial charge in [0.15, 0.2) is 0 Å². The van der Waals surface area contributed by atoms with Gasteiger partial charge in [0.05, 0.1) is 0 Å². The molecule has 0 aromatic rings. The molecule has 0 heterocycles. The van der Waals surface area contributed by atoms with Gasteiger partial charge in [0.2, 0.25) is 0 Å². The molecule has 2 atom stereocenters. The Morgan fingerprint density at radius 1 is 1.73 bits per heavy atom. The van der Waals surface area contributed by atoms with Crippen LogP contribution in [0.1, 0.15) is 20.3 Å². The number of aliphatic carboxylic acids is 1. The first-order valence-electron chi connectivity index (χ1n) is 3.68. The maximum atomic E-state index is 10.3. The molecule has 0 amide bonds. The molecule has 0 bridgehead atoms. The standard InChI is InChI=1S/C7H15NO2S/c1-3-5(2)11-4-6(8)7(9)10/h5-6H,3-4,8H2,1-2H3,(H,9,10)/t5?,6-/m1/s1. The molecule has 0 spiro atoms. The third kappa shape index (κ3) is 5.09. The van der Waals surface area contributed by atoms with Crippen molar-refractivity contribution < 1.29 is 9.90 Å². The van der Waals surface area contributed by atoms with Gasteiger partial charge in [-0.15, -0.1) is 0 Å². The minimum atomic E-state index is -0.916. The van der Waals surface area contributed by atoms with E-state index in [0.717, 1.165) is 6.42 Å². The molecule has 1 unspecified atom stereocenters. The SMILES string of the molecule is CCC(C)SC[C@@H](N)C(=O)O. The number of carboxylic acid groups (broad SMARTS) is 1. The number of hydrogen-bond acceptors (Lipinski definition) is 3. The smallest absolute Gasteiger partial charge is 0.321 e. The highest BCUT2D eigenvalue weighted by Crippen LogP contribution is 2.13. The van der Waals surface area contributed by atoms with Crippen LogP contribution in [-0.2, 0) is 4.79 Å². The van der Waals surface area contributed by atoms with Gasteiger partial charge in [-0.1, -0.05) is 13.8 Å². The fourth-order valence-corrected chi connectivity index (χ4v) is 1.37. The number of carboxylic acids is 1. The second kappa shape index (κ2) is 5.43. The van der Waals surface area contributed by atoms with E-state index in [1.165, 1.54) is 0 Å². The first-order valence-corrected chi connectivity index (χ1v) is 4.72. The highest BCUT2D eigenvalue weighted by Gasteiger charge is 2.12. The summed E-state index contributed by atoms with van der Waals surface area (Å²) in [6.45, 7) is 4.14. The third-order valence-electron chi connectivity index (χ3n) is 1.45. The van der Waals surface area contributed by atoms with Crippen molar-refractivity contribution in [2.24, 2.45) is 5.73 Å². The molecule has 0 saturated carbocycles. The second-order valence-electron chi connectivity index (χ2n) is 2.50. The Bertz CT molecular complexity index is 130. The maximum absolute atomic E-state index is 10.3. The Hall–Kier alpha value is -0.220. The number of rotatable bonds is 5. The normalized spacial score (nSPS) is 15.9. The summed E-state index contributed by atoms with van der Waals surface area (Å²) in [5.41, 5.74) is 5.30. The first-order chi connectivity index (χ1) is 5.07. The van der Waals surface area contributed by atoms with E-state index in [9.17, 15) is 4.79 Å². The first kappa shape index (κ1) is 10.8. The molecule has 11 heavy (non-hydrogen) atoms. The predicted molar refractivity (Wildman–Crippen MR) is 47.8 cm³/mol. The van der Waals surface area contributed by atoms with Crippen molar-refractivity contribution in [3.05, 3.63) is 0 Å². The highest BCUT2D eigenvalue weighted by atomic mass is 32.2. The van der Waals surface area contributed by atoms with E-state index in [-0.39, 0.29) is 0 Å². The van der Waals surface area contributed by atoms with E-state index in [0.29, 0.717) is 11.0 Å². The molecule has 0 saturated heterocycles. The Morgan fingerprint density at radius 2 is 2.27 bits per heavy atom. The predicted octanol–water partition coefficient (Wildman–Crippen LogP) is 0.930. The molecule has 0 aromatic heterocycles. The molecule has 0 radical (unpaired) electrons. The van der Waals surface area contributed by atoms with E-state index in [4.69, 9.17) is 10.8 Å². The fraction of sp³-hybridized carbons (Fsp3) is 0.857. The van der Waals surface area contributed by atoms with Crippen molar-refractivity contribution in [2.45, 2.75) is 31.6 Å². The van der Waals surface area contributed by atoms with Crippen LogP contribution in [0.4, 0.5) is 0 Å². The highest BCUT2D eigenvalue weighted by molar-refractivity contribution is 7.99. The lowest BCUT2D eigenvalue weighted by atomic mass is 10.4. The average Bonchev–Trinajstić information content (AvgIpc) is 1.99. The van der Waals surface area contributed by atoms with Crippen molar-refractivity contribution in [3.63, 3.8) is 0 Å². The maximum Gasteiger partial charge on any atom is 0.321 e. The van der Waals surface area contributed by atoms with Crippen molar-refractivity contribution in [3.8, 4) is 0 Å². The zero-order chi connectivity index (χ0) is 8.85. The van der Waals surface area contributed by atoms with E-state index in [1.54, 1.807) is 11.8 Å². The van der Waals surface area contributed by atoms with Crippen LogP contribution in [0.15, 0.2) is 0 Å². The van der Waals surface area contributed by atoms with Gasteiger partial charge >= 0.3 is 5.97 Å². The van der Waals surface area contributed by atoms with Gasteiger partial charge in [-0.2, -0.15) is 11.8 Å². The van der Waals surface area contributed by atoms with Gasteiger partial charge < -0.3 is 10.8 Å². The van der Waals surface area contributed by atoms with Gasteiger partial charge in [-0.05, 0) is 6.42 Å². The second-order valence-corrected chi connectivity index (χ2v) is 3.97. The zero-order valence-electron chi connectivity index (χ0n) is 6.91. The van der Waals surface area contributed by atoms with Gasteiger partial charge in [0, 0.05) is 11.0 Å².